The predicted octanol–water partition coefficient (Wildman–Crippen LogP) is 1.85. The number of carbonyl (C=O) groups is 2. The van der Waals surface area contributed by atoms with Crippen molar-refractivity contribution in [3.05, 3.63) is 29.8 Å². The predicted molar refractivity (Wildman–Crippen MR) is 78.9 cm³/mol. The van der Waals surface area contributed by atoms with Crippen LogP contribution in [0.3, 0.4) is 0 Å². The fourth-order valence-corrected chi connectivity index (χ4v) is 2.49. The average molecular weight is 275 g/mol. The molecule has 1 aromatic rings. The molecule has 0 saturated carbocycles. The summed E-state index contributed by atoms with van der Waals surface area (Å²) in [6.07, 6.45) is 0.846. The van der Waals surface area contributed by atoms with E-state index in [4.69, 9.17) is 0 Å². The molecule has 0 radical (unpaired) electrons. The van der Waals surface area contributed by atoms with Gasteiger partial charge in [0.25, 0.3) is 0 Å². The van der Waals surface area contributed by atoms with Crippen LogP contribution < -0.4 is 15.5 Å². The minimum Gasteiger partial charge on any atom is -0.361 e. The summed E-state index contributed by atoms with van der Waals surface area (Å²) in [4.78, 5) is 25.3. The van der Waals surface area contributed by atoms with Crippen LogP contribution in [-0.2, 0) is 4.79 Å². The largest absolute Gasteiger partial charge is 0.361 e. The second-order valence-electron chi connectivity index (χ2n) is 5.14. The van der Waals surface area contributed by atoms with E-state index < -0.39 is 6.03 Å². The summed E-state index contributed by atoms with van der Waals surface area (Å²) in [5.74, 6) is 0.135. The molecule has 5 heteroatoms. The third-order valence-corrected chi connectivity index (χ3v) is 3.43. The molecular formula is C15H21N3O2. The van der Waals surface area contributed by atoms with Crippen LogP contribution in [0.2, 0.25) is 0 Å². The van der Waals surface area contributed by atoms with Crippen LogP contribution >= 0.6 is 0 Å². The molecular weight excluding hydrogens is 254 g/mol. The Kier molecular flexibility index (Phi) is 4.61. The highest BCUT2D eigenvalue weighted by Crippen LogP contribution is 2.35. The van der Waals surface area contributed by atoms with Crippen LogP contribution in [-0.4, -0.2) is 31.6 Å². The van der Waals surface area contributed by atoms with Gasteiger partial charge in [0.05, 0.1) is 6.54 Å². The molecule has 1 atom stereocenters. The summed E-state index contributed by atoms with van der Waals surface area (Å²) in [7, 11) is 0. The van der Waals surface area contributed by atoms with Gasteiger partial charge in [-0.1, -0.05) is 32.0 Å². The minimum absolute atomic E-state index is 0.209. The molecule has 0 aromatic heterocycles. The van der Waals surface area contributed by atoms with Gasteiger partial charge in [-0.25, -0.2) is 4.79 Å². The number of urea groups is 1. The van der Waals surface area contributed by atoms with Gasteiger partial charge in [0.1, 0.15) is 0 Å². The highest BCUT2D eigenvalue weighted by Gasteiger charge is 2.26. The number of benzene rings is 1. The Morgan fingerprint density at radius 1 is 1.35 bits per heavy atom. The maximum atomic E-state index is 11.9. The lowest BCUT2D eigenvalue weighted by Gasteiger charge is -2.18. The highest BCUT2D eigenvalue weighted by atomic mass is 16.2. The third-order valence-electron chi connectivity index (χ3n) is 3.43. The Morgan fingerprint density at radius 3 is 2.85 bits per heavy atom. The number of imide groups is 1. The zero-order valence-electron chi connectivity index (χ0n) is 12.0. The van der Waals surface area contributed by atoms with Gasteiger partial charge < -0.3 is 10.2 Å². The first-order chi connectivity index (χ1) is 9.61. The number of nitrogens with one attached hydrogen (secondary N) is 2. The molecule has 1 heterocycles. The second-order valence-corrected chi connectivity index (χ2v) is 5.14. The molecule has 1 aliphatic rings. The van der Waals surface area contributed by atoms with Crippen LogP contribution in [0, 0.1) is 0 Å². The van der Waals surface area contributed by atoms with Crippen molar-refractivity contribution >= 4 is 17.6 Å². The zero-order chi connectivity index (χ0) is 14.5. The van der Waals surface area contributed by atoms with E-state index in [9.17, 15) is 9.59 Å². The van der Waals surface area contributed by atoms with E-state index in [0.717, 1.165) is 18.7 Å². The number of carbonyl (C=O) groups excluding carboxylic acids is 2. The highest BCUT2D eigenvalue weighted by molar-refractivity contribution is 5.96. The van der Waals surface area contributed by atoms with Gasteiger partial charge in [-0.2, -0.15) is 0 Å². The molecule has 2 rings (SSSR count). The molecule has 1 aliphatic heterocycles. The van der Waals surface area contributed by atoms with E-state index in [2.05, 4.69) is 23.6 Å². The van der Waals surface area contributed by atoms with Gasteiger partial charge >= 0.3 is 6.03 Å². The Labute approximate surface area is 119 Å². The second kappa shape index (κ2) is 6.41. The van der Waals surface area contributed by atoms with E-state index >= 15 is 0 Å². The lowest BCUT2D eigenvalue weighted by molar-refractivity contribution is -0.118. The number of hydrogen-bond acceptors (Lipinski definition) is 3. The summed E-state index contributed by atoms with van der Waals surface area (Å²) < 4.78 is 0. The molecule has 1 aromatic carbocycles. The van der Waals surface area contributed by atoms with Gasteiger partial charge in [0.2, 0.25) is 5.91 Å². The molecule has 0 fully saturated rings. The fraction of sp³-hybridized carbons (Fsp3) is 0.467. The Balaban J connectivity index is 1.91. The van der Waals surface area contributed by atoms with Crippen LogP contribution in [0.4, 0.5) is 10.5 Å². The first-order valence-corrected chi connectivity index (χ1v) is 7.03. The van der Waals surface area contributed by atoms with Crippen molar-refractivity contribution in [1.29, 1.82) is 0 Å². The number of fused-ring (bicyclic) bond motifs is 1. The number of hydrogen-bond donors (Lipinski definition) is 2. The van der Waals surface area contributed by atoms with E-state index in [0.29, 0.717) is 12.5 Å². The van der Waals surface area contributed by atoms with Gasteiger partial charge in [-0.3, -0.25) is 10.1 Å². The standard InChI is InChI=1S/C15H21N3O2/c1-3-8-16-15(20)17-14(19)10-18-9-11(2)12-6-4-5-7-13(12)18/h4-7,11H,3,8-10H2,1-2H3,(H2,16,17,19,20). The molecule has 108 valence electrons. The normalized spacial score (nSPS) is 16.7. The SMILES string of the molecule is CCCNC(=O)NC(=O)CN1CC(C)c2ccccc21. The topological polar surface area (TPSA) is 61.4 Å². The van der Waals surface area contributed by atoms with Crippen molar-refractivity contribution in [3.8, 4) is 0 Å². The smallest absolute Gasteiger partial charge is 0.321 e. The summed E-state index contributed by atoms with van der Waals surface area (Å²) in [5, 5.41) is 4.98. The van der Waals surface area contributed by atoms with Gasteiger partial charge in [-0.05, 0) is 18.1 Å². The van der Waals surface area contributed by atoms with E-state index in [1.165, 1.54) is 5.56 Å². The Bertz CT molecular complexity index is 502. The number of anilines is 1. The molecule has 0 aliphatic carbocycles. The van der Waals surface area contributed by atoms with Gasteiger partial charge in [0.15, 0.2) is 0 Å². The molecule has 20 heavy (non-hydrogen) atoms. The number of nitrogens with zero attached hydrogens (tertiary/aromatic N) is 1. The van der Waals surface area contributed by atoms with Crippen LogP contribution in [0.5, 0.6) is 0 Å². The Hall–Kier alpha value is -2.04. The van der Waals surface area contributed by atoms with Crippen molar-refractivity contribution in [2.24, 2.45) is 0 Å². The monoisotopic (exact) mass is 275 g/mol. The molecule has 0 saturated heterocycles. The molecule has 2 N–H and O–H groups in total. The van der Waals surface area contributed by atoms with E-state index in [1.54, 1.807) is 0 Å². The summed E-state index contributed by atoms with van der Waals surface area (Å²) in [5.41, 5.74) is 2.35. The summed E-state index contributed by atoms with van der Waals surface area (Å²) >= 11 is 0. The third kappa shape index (κ3) is 3.29. The van der Waals surface area contributed by atoms with Crippen molar-refractivity contribution in [2.75, 3.05) is 24.5 Å². The molecule has 0 bridgehead atoms. The molecule has 5 nitrogen and oxygen atoms in total. The molecule has 1 unspecified atom stereocenters. The van der Waals surface area contributed by atoms with Gasteiger partial charge in [-0.15, -0.1) is 0 Å². The molecule has 0 spiro atoms. The van der Waals surface area contributed by atoms with Crippen molar-refractivity contribution in [1.82, 2.24) is 10.6 Å². The summed E-state index contributed by atoms with van der Waals surface area (Å²) in [6.45, 7) is 5.70. The maximum absolute atomic E-state index is 11.9. The quantitative estimate of drug-likeness (QED) is 0.881. The van der Waals surface area contributed by atoms with Crippen LogP contribution in [0.15, 0.2) is 24.3 Å². The number of rotatable bonds is 4. The van der Waals surface area contributed by atoms with Crippen LogP contribution in [0.1, 0.15) is 31.7 Å². The maximum Gasteiger partial charge on any atom is 0.321 e. The Morgan fingerprint density at radius 2 is 2.10 bits per heavy atom. The zero-order valence-corrected chi connectivity index (χ0v) is 12.0. The minimum atomic E-state index is -0.419. The fourth-order valence-electron chi connectivity index (χ4n) is 2.49. The summed E-state index contributed by atoms with van der Waals surface area (Å²) in [6, 6.07) is 7.67. The molecule has 3 amide bonds. The number of para-hydroxylation sites is 1. The van der Waals surface area contributed by atoms with Crippen LogP contribution in [0.25, 0.3) is 0 Å². The van der Waals surface area contributed by atoms with Gasteiger partial charge in [0, 0.05) is 24.7 Å². The van der Waals surface area contributed by atoms with Crippen molar-refractivity contribution in [2.45, 2.75) is 26.2 Å². The van der Waals surface area contributed by atoms with Crippen molar-refractivity contribution in [3.63, 3.8) is 0 Å². The average Bonchev–Trinajstić information content (AvgIpc) is 2.73. The lowest BCUT2D eigenvalue weighted by atomic mass is 10.0. The lowest BCUT2D eigenvalue weighted by Crippen LogP contribution is -2.44. The van der Waals surface area contributed by atoms with E-state index in [-0.39, 0.29) is 12.5 Å². The first-order valence-electron chi connectivity index (χ1n) is 7.03. The van der Waals surface area contributed by atoms with E-state index in [1.807, 2.05) is 30.0 Å². The number of amides is 3. The first kappa shape index (κ1) is 14.4. The van der Waals surface area contributed by atoms with Crippen molar-refractivity contribution < 1.29 is 9.59 Å².